The van der Waals surface area contributed by atoms with Crippen molar-refractivity contribution in [2.45, 2.75) is 19.9 Å². The van der Waals surface area contributed by atoms with Crippen molar-refractivity contribution in [1.29, 1.82) is 0 Å². The van der Waals surface area contributed by atoms with Gasteiger partial charge in [0.1, 0.15) is 0 Å². The Labute approximate surface area is 121 Å². The van der Waals surface area contributed by atoms with E-state index < -0.39 is 0 Å². The number of fused-ring (bicyclic) bond motifs is 3. The van der Waals surface area contributed by atoms with Crippen LogP contribution in [-0.4, -0.2) is 16.2 Å². The minimum absolute atomic E-state index is 0.345. The highest BCUT2D eigenvalue weighted by atomic mass is 32.1. The Kier molecular flexibility index (Phi) is 3.20. The summed E-state index contributed by atoms with van der Waals surface area (Å²) in [5, 5.41) is 13.0. The molecule has 0 radical (unpaired) electrons. The van der Waals surface area contributed by atoms with Crippen molar-refractivity contribution >= 4 is 37.4 Å². The number of hydrogen-bond donors (Lipinski definition) is 1. The summed E-state index contributed by atoms with van der Waals surface area (Å²) in [5.41, 5.74) is 0.932. The number of nitrogens with zero attached hydrogens (tertiary/aromatic N) is 1. The lowest BCUT2D eigenvalue weighted by atomic mass is 10.1. The molecule has 1 amide bonds. The Morgan fingerprint density at radius 3 is 2.60 bits per heavy atom. The van der Waals surface area contributed by atoms with Crippen molar-refractivity contribution < 1.29 is 10.0 Å². The van der Waals surface area contributed by atoms with Gasteiger partial charge in [-0.25, -0.2) is 5.06 Å². The first-order chi connectivity index (χ1) is 9.58. The van der Waals surface area contributed by atoms with Gasteiger partial charge in [0.15, 0.2) is 0 Å². The third-order valence-electron chi connectivity index (χ3n) is 3.57. The summed E-state index contributed by atoms with van der Waals surface area (Å²) in [6, 6.07) is 14.0. The van der Waals surface area contributed by atoms with E-state index in [0.29, 0.717) is 0 Å². The first-order valence-electron chi connectivity index (χ1n) is 6.48. The SMILES string of the molecule is CC(=O)N(O)C(C)c1ccc2c(c1)sc1ccccc12. The first kappa shape index (κ1) is 13.1. The predicted molar refractivity (Wildman–Crippen MR) is 82.1 cm³/mol. The van der Waals surface area contributed by atoms with Gasteiger partial charge in [-0.05, 0) is 24.6 Å². The van der Waals surface area contributed by atoms with Crippen molar-refractivity contribution in [3.63, 3.8) is 0 Å². The molecule has 2 aromatic carbocycles. The normalized spacial score (nSPS) is 12.8. The highest BCUT2D eigenvalue weighted by Crippen LogP contribution is 2.35. The standard InChI is InChI=1S/C16H15NO2S/c1-10(17(19)11(2)18)12-7-8-14-13-5-3-4-6-15(13)20-16(14)9-12/h3-10,19H,1-2H3. The molecule has 0 aliphatic carbocycles. The molecular weight excluding hydrogens is 270 g/mol. The molecule has 1 atom stereocenters. The lowest BCUT2D eigenvalue weighted by Gasteiger charge is -2.21. The molecule has 1 N–H and O–H groups in total. The molecule has 0 aliphatic heterocycles. The quantitative estimate of drug-likeness (QED) is 0.561. The van der Waals surface area contributed by atoms with Crippen LogP contribution >= 0.6 is 11.3 Å². The van der Waals surface area contributed by atoms with Crippen LogP contribution in [0, 0.1) is 0 Å². The van der Waals surface area contributed by atoms with E-state index in [-0.39, 0.29) is 11.9 Å². The molecular formula is C16H15NO2S. The van der Waals surface area contributed by atoms with Gasteiger partial charge < -0.3 is 0 Å². The van der Waals surface area contributed by atoms with Crippen LogP contribution in [0.1, 0.15) is 25.5 Å². The Hall–Kier alpha value is -1.91. The van der Waals surface area contributed by atoms with Gasteiger partial charge in [-0.1, -0.05) is 30.3 Å². The van der Waals surface area contributed by atoms with Crippen LogP contribution in [0.25, 0.3) is 20.2 Å². The predicted octanol–water partition coefficient (Wildman–Crippen LogP) is 4.35. The number of carbonyl (C=O) groups excluding carboxylic acids is 1. The number of thiophene rings is 1. The minimum atomic E-state index is -0.353. The van der Waals surface area contributed by atoms with Gasteiger partial charge in [0.25, 0.3) is 0 Å². The second kappa shape index (κ2) is 4.89. The summed E-state index contributed by atoms with van der Waals surface area (Å²) in [6.45, 7) is 3.17. The van der Waals surface area contributed by atoms with Crippen LogP contribution in [0.3, 0.4) is 0 Å². The van der Waals surface area contributed by atoms with Gasteiger partial charge in [0.2, 0.25) is 5.91 Å². The Balaban J connectivity index is 2.11. The molecule has 4 heteroatoms. The van der Waals surface area contributed by atoms with Gasteiger partial charge in [0.05, 0.1) is 6.04 Å². The number of hydroxylamine groups is 2. The van der Waals surface area contributed by atoms with Crippen molar-refractivity contribution in [3.8, 4) is 0 Å². The van der Waals surface area contributed by atoms with E-state index in [9.17, 15) is 10.0 Å². The molecule has 20 heavy (non-hydrogen) atoms. The van der Waals surface area contributed by atoms with Gasteiger partial charge in [-0.3, -0.25) is 10.0 Å². The zero-order valence-corrected chi connectivity index (χ0v) is 12.1. The lowest BCUT2D eigenvalue weighted by molar-refractivity contribution is -0.172. The van der Waals surface area contributed by atoms with E-state index in [1.54, 1.807) is 11.3 Å². The van der Waals surface area contributed by atoms with E-state index in [1.807, 2.05) is 25.1 Å². The fourth-order valence-electron chi connectivity index (χ4n) is 2.42. The van der Waals surface area contributed by atoms with Crippen LogP contribution in [0.4, 0.5) is 0 Å². The summed E-state index contributed by atoms with van der Waals surface area (Å²) in [6.07, 6.45) is 0. The average molecular weight is 285 g/mol. The molecule has 0 bridgehead atoms. The highest BCUT2D eigenvalue weighted by Gasteiger charge is 2.17. The minimum Gasteiger partial charge on any atom is -0.285 e. The molecule has 3 nitrogen and oxygen atoms in total. The molecule has 1 aromatic heterocycles. The second-order valence-electron chi connectivity index (χ2n) is 4.89. The van der Waals surface area contributed by atoms with E-state index in [2.05, 4.69) is 24.3 Å². The summed E-state index contributed by atoms with van der Waals surface area (Å²) in [4.78, 5) is 11.2. The van der Waals surface area contributed by atoms with Crippen LogP contribution in [0.15, 0.2) is 42.5 Å². The fraction of sp³-hybridized carbons (Fsp3) is 0.188. The number of hydrogen-bond acceptors (Lipinski definition) is 3. The summed E-state index contributed by atoms with van der Waals surface area (Å²) in [7, 11) is 0. The molecule has 102 valence electrons. The van der Waals surface area contributed by atoms with Crippen LogP contribution in [0.5, 0.6) is 0 Å². The van der Waals surface area contributed by atoms with Gasteiger partial charge >= 0.3 is 0 Å². The molecule has 1 unspecified atom stereocenters. The fourth-order valence-corrected chi connectivity index (χ4v) is 3.57. The van der Waals surface area contributed by atoms with Gasteiger partial charge in [-0.15, -0.1) is 11.3 Å². The second-order valence-corrected chi connectivity index (χ2v) is 5.98. The van der Waals surface area contributed by atoms with Crippen molar-refractivity contribution in [2.24, 2.45) is 0 Å². The monoisotopic (exact) mass is 285 g/mol. The molecule has 0 fully saturated rings. The largest absolute Gasteiger partial charge is 0.285 e. The highest BCUT2D eigenvalue weighted by molar-refractivity contribution is 7.25. The Bertz CT molecular complexity index is 793. The third kappa shape index (κ3) is 2.07. The number of benzene rings is 2. The van der Waals surface area contributed by atoms with E-state index >= 15 is 0 Å². The average Bonchev–Trinajstić information content (AvgIpc) is 2.83. The van der Waals surface area contributed by atoms with Crippen molar-refractivity contribution in [3.05, 3.63) is 48.0 Å². The zero-order chi connectivity index (χ0) is 14.3. The van der Waals surface area contributed by atoms with E-state index in [0.717, 1.165) is 10.6 Å². The van der Waals surface area contributed by atoms with Crippen LogP contribution in [-0.2, 0) is 4.79 Å². The van der Waals surface area contributed by atoms with Gasteiger partial charge in [-0.2, -0.15) is 0 Å². The molecule has 0 spiro atoms. The summed E-state index contributed by atoms with van der Waals surface area (Å²) < 4.78 is 2.42. The maximum Gasteiger partial charge on any atom is 0.243 e. The van der Waals surface area contributed by atoms with E-state index in [1.165, 1.54) is 27.1 Å². The number of amides is 1. The topological polar surface area (TPSA) is 40.5 Å². The van der Waals surface area contributed by atoms with Crippen LogP contribution < -0.4 is 0 Å². The van der Waals surface area contributed by atoms with E-state index in [4.69, 9.17) is 0 Å². The zero-order valence-electron chi connectivity index (χ0n) is 11.3. The smallest absolute Gasteiger partial charge is 0.243 e. The third-order valence-corrected chi connectivity index (χ3v) is 4.71. The van der Waals surface area contributed by atoms with Gasteiger partial charge in [0, 0.05) is 27.1 Å². The molecule has 0 saturated carbocycles. The Morgan fingerprint density at radius 1 is 1.15 bits per heavy atom. The molecule has 0 saturated heterocycles. The van der Waals surface area contributed by atoms with Crippen molar-refractivity contribution in [1.82, 2.24) is 5.06 Å². The first-order valence-corrected chi connectivity index (χ1v) is 7.29. The maximum atomic E-state index is 11.2. The lowest BCUT2D eigenvalue weighted by Crippen LogP contribution is -2.27. The number of carbonyl (C=O) groups is 1. The molecule has 3 rings (SSSR count). The Morgan fingerprint density at radius 2 is 1.85 bits per heavy atom. The molecule has 1 heterocycles. The summed E-state index contributed by atoms with van der Waals surface area (Å²) in [5.74, 6) is -0.353. The molecule has 0 aliphatic rings. The summed E-state index contributed by atoms with van der Waals surface area (Å²) >= 11 is 1.73. The van der Waals surface area contributed by atoms with Crippen LogP contribution in [0.2, 0.25) is 0 Å². The molecule has 3 aromatic rings. The maximum absolute atomic E-state index is 11.2. The van der Waals surface area contributed by atoms with Crippen molar-refractivity contribution in [2.75, 3.05) is 0 Å². The number of rotatable bonds is 2.